The third kappa shape index (κ3) is 1.31. The molecule has 86 valence electrons. The van der Waals surface area contributed by atoms with Gasteiger partial charge in [-0.2, -0.15) is 0 Å². The maximum atomic E-state index is 5.80. The topological polar surface area (TPSA) is 44.5 Å². The number of rotatable bonds is 2. The van der Waals surface area contributed by atoms with Crippen molar-refractivity contribution in [2.75, 3.05) is 19.8 Å². The van der Waals surface area contributed by atoms with Crippen LogP contribution in [0, 0.1) is 0 Å². The first kappa shape index (κ1) is 9.97. The van der Waals surface area contributed by atoms with Crippen LogP contribution in [0.1, 0.15) is 29.5 Å². The molecular weight excluding hydrogens is 202 g/mol. The van der Waals surface area contributed by atoms with Gasteiger partial charge in [0, 0.05) is 29.5 Å². The van der Waals surface area contributed by atoms with Crippen molar-refractivity contribution in [3.8, 4) is 11.5 Å². The molecule has 0 aliphatic carbocycles. The molecule has 1 aromatic rings. The number of hydrogen-bond acceptors (Lipinski definition) is 3. The van der Waals surface area contributed by atoms with Gasteiger partial charge >= 0.3 is 0 Å². The summed E-state index contributed by atoms with van der Waals surface area (Å²) >= 11 is 0. The monoisotopic (exact) mass is 219 g/mol. The summed E-state index contributed by atoms with van der Waals surface area (Å²) in [6.07, 6.45) is 1.99. The Kier molecular flexibility index (Phi) is 2.28. The summed E-state index contributed by atoms with van der Waals surface area (Å²) in [7, 11) is 0. The minimum atomic E-state index is 0.350. The van der Waals surface area contributed by atoms with Crippen LogP contribution >= 0.6 is 0 Å². The van der Waals surface area contributed by atoms with Crippen molar-refractivity contribution in [1.29, 1.82) is 0 Å². The van der Waals surface area contributed by atoms with E-state index < -0.39 is 0 Å². The summed E-state index contributed by atoms with van der Waals surface area (Å²) in [5.74, 6) is 2.49. The van der Waals surface area contributed by atoms with Crippen molar-refractivity contribution in [1.82, 2.24) is 0 Å². The lowest BCUT2D eigenvalue weighted by atomic mass is 9.91. The molecule has 0 radical (unpaired) electrons. The SMILES string of the molecule is CC(CN)c1c2c(cc3c1OCC3)OCC2. The van der Waals surface area contributed by atoms with Crippen LogP contribution in [0.4, 0.5) is 0 Å². The molecule has 1 unspecified atom stereocenters. The first-order valence-corrected chi connectivity index (χ1v) is 5.95. The summed E-state index contributed by atoms with van der Waals surface area (Å²) in [6, 6.07) is 2.15. The Labute approximate surface area is 95.5 Å². The summed E-state index contributed by atoms with van der Waals surface area (Å²) in [4.78, 5) is 0. The third-order valence-corrected chi connectivity index (χ3v) is 3.54. The van der Waals surface area contributed by atoms with Crippen LogP contribution in [0.3, 0.4) is 0 Å². The molecule has 3 nitrogen and oxygen atoms in total. The molecule has 0 aromatic heterocycles. The fourth-order valence-electron chi connectivity index (χ4n) is 2.66. The molecule has 3 heteroatoms. The van der Waals surface area contributed by atoms with Gasteiger partial charge in [-0.05, 0) is 18.5 Å². The Morgan fingerprint density at radius 3 is 2.94 bits per heavy atom. The Balaban J connectivity index is 2.19. The summed E-state index contributed by atoms with van der Waals surface area (Å²) in [5, 5.41) is 0. The van der Waals surface area contributed by atoms with Gasteiger partial charge in [0.2, 0.25) is 0 Å². The summed E-state index contributed by atoms with van der Waals surface area (Å²) in [6.45, 7) is 4.41. The normalized spacial score (nSPS) is 18.6. The van der Waals surface area contributed by atoms with Crippen LogP contribution in [-0.2, 0) is 12.8 Å². The van der Waals surface area contributed by atoms with Gasteiger partial charge in [0.05, 0.1) is 13.2 Å². The fourth-order valence-corrected chi connectivity index (χ4v) is 2.66. The zero-order chi connectivity index (χ0) is 11.1. The maximum Gasteiger partial charge on any atom is 0.126 e. The first-order valence-electron chi connectivity index (χ1n) is 5.95. The lowest BCUT2D eigenvalue weighted by molar-refractivity contribution is 0.351. The number of nitrogens with two attached hydrogens (primary N) is 1. The molecule has 1 atom stereocenters. The van der Waals surface area contributed by atoms with E-state index in [4.69, 9.17) is 15.2 Å². The predicted octanol–water partition coefficient (Wildman–Crippen LogP) is 1.62. The van der Waals surface area contributed by atoms with Crippen molar-refractivity contribution < 1.29 is 9.47 Å². The highest BCUT2D eigenvalue weighted by atomic mass is 16.5. The molecule has 2 aliphatic heterocycles. The van der Waals surface area contributed by atoms with Crippen LogP contribution in [0.25, 0.3) is 0 Å². The first-order chi connectivity index (χ1) is 7.81. The van der Waals surface area contributed by atoms with Crippen molar-refractivity contribution in [3.63, 3.8) is 0 Å². The molecule has 0 bridgehead atoms. The van der Waals surface area contributed by atoms with E-state index in [2.05, 4.69) is 13.0 Å². The molecule has 0 spiro atoms. The van der Waals surface area contributed by atoms with Crippen LogP contribution in [0.2, 0.25) is 0 Å². The van der Waals surface area contributed by atoms with Crippen LogP contribution in [0.15, 0.2) is 6.07 Å². The zero-order valence-electron chi connectivity index (χ0n) is 9.58. The van der Waals surface area contributed by atoms with E-state index in [0.717, 1.165) is 37.6 Å². The van der Waals surface area contributed by atoms with Gasteiger partial charge in [-0.15, -0.1) is 0 Å². The van der Waals surface area contributed by atoms with Crippen LogP contribution < -0.4 is 15.2 Å². The molecule has 16 heavy (non-hydrogen) atoms. The van der Waals surface area contributed by atoms with E-state index in [9.17, 15) is 0 Å². The lowest BCUT2D eigenvalue weighted by Crippen LogP contribution is -2.12. The number of benzene rings is 1. The zero-order valence-corrected chi connectivity index (χ0v) is 9.58. The minimum absolute atomic E-state index is 0.350. The standard InChI is InChI=1S/C13H17NO2/c1-8(7-14)12-10-3-5-15-11(10)6-9-2-4-16-13(9)12/h6,8H,2-5,7,14H2,1H3. The van der Waals surface area contributed by atoms with Gasteiger partial charge in [-0.3, -0.25) is 0 Å². The molecule has 1 aromatic carbocycles. The van der Waals surface area contributed by atoms with E-state index >= 15 is 0 Å². The van der Waals surface area contributed by atoms with Crippen molar-refractivity contribution >= 4 is 0 Å². The number of hydrogen-bond donors (Lipinski definition) is 1. The highest BCUT2D eigenvalue weighted by Gasteiger charge is 2.28. The van der Waals surface area contributed by atoms with E-state index in [1.54, 1.807) is 0 Å². The molecule has 0 amide bonds. The predicted molar refractivity (Wildman–Crippen MR) is 62.3 cm³/mol. The molecular formula is C13H17NO2. The highest BCUT2D eigenvalue weighted by Crippen LogP contribution is 2.43. The van der Waals surface area contributed by atoms with E-state index in [-0.39, 0.29) is 0 Å². The van der Waals surface area contributed by atoms with Gasteiger partial charge in [-0.1, -0.05) is 6.92 Å². The largest absolute Gasteiger partial charge is 0.493 e. The Bertz CT molecular complexity index is 396. The Morgan fingerprint density at radius 2 is 2.12 bits per heavy atom. The Hall–Kier alpha value is -1.22. The summed E-state index contributed by atoms with van der Waals surface area (Å²) in [5.41, 5.74) is 9.70. The van der Waals surface area contributed by atoms with E-state index in [0.29, 0.717) is 12.5 Å². The molecule has 2 N–H and O–H groups in total. The summed E-state index contributed by atoms with van der Waals surface area (Å²) < 4.78 is 11.4. The second kappa shape index (κ2) is 3.67. The Morgan fingerprint density at radius 1 is 1.31 bits per heavy atom. The van der Waals surface area contributed by atoms with Gasteiger partial charge in [0.1, 0.15) is 11.5 Å². The third-order valence-electron chi connectivity index (χ3n) is 3.54. The van der Waals surface area contributed by atoms with Crippen molar-refractivity contribution in [2.45, 2.75) is 25.7 Å². The maximum absolute atomic E-state index is 5.80. The molecule has 0 saturated heterocycles. The van der Waals surface area contributed by atoms with Gasteiger partial charge < -0.3 is 15.2 Å². The van der Waals surface area contributed by atoms with Crippen LogP contribution in [0.5, 0.6) is 11.5 Å². The second-order valence-corrected chi connectivity index (χ2v) is 4.59. The van der Waals surface area contributed by atoms with E-state index in [1.165, 1.54) is 16.7 Å². The fraction of sp³-hybridized carbons (Fsp3) is 0.538. The average molecular weight is 219 g/mol. The molecule has 0 fully saturated rings. The highest BCUT2D eigenvalue weighted by molar-refractivity contribution is 5.57. The van der Waals surface area contributed by atoms with Gasteiger partial charge in [0.15, 0.2) is 0 Å². The van der Waals surface area contributed by atoms with Crippen molar-refractivity contribution in [2.24, 2.45) is 5.73 Å². The number of ether oxygens (including phenoxy) is 2. The van der Waals surface area contributed by atoms with Crippen LogP contribution in [-0.4, -0.2) is 19.8 Å². The molecule has 3 rings (SSSR count). The quantitative estimate of drug-likeness (QED) is 0.822. The molecule has 2 heterocycles. The van der Waals surface area contributed by atoms with Crippen molar-refractivity contribution in [3.05, 3.63) is 22.8 Å². The smallest absolute Gasteiger partial charge is 0.126 e. The van der Waals surface area contributed by atoms with Gasteiger partial charge in [0.25, 0.3) is 0 Å². The van der Waals surface area contributed by atoms with E-state index in [1.807, 2.05) is 0 Å². The number of fused-ring (bicyclic) bond motifs is 2. The molecule has 2 aliphatic rings. The lowest BCUT2D eigenvalue weighted by Gasteiger charge is -2.17. The average Bonchev–Trinajstić information content (AvgIpc) is 2.91. The van der Waals surface area contributed by atoms with Gasteiger partial charge in [-0.25, -0.2) is 0 Å². The minimum Gasteiger partial charge on any atom is -0.493 e. The second-order valence-electron chi connectivity index (χ2n) is 4.59. The molecule has 0 saturated carbocycles.